The van der Waals surface area contributed by atoms with Crippen LogP contribution in [0.25, 0.3) is 32.9 Å². The number of hydrogen-bond acceptors (Lipinski definition) is 6. The maximum absolute atomic E-state index is 12.6. The van der Waals surface area contributed by atoms with Crippen LogP contribution in [-0.2, 0) is 4.79 Å². The lowest BCUT2D eigenvalue weighted by Gasteiger charge is -2.07. The van der Waals surface area contributed by atoms with Crippen LogP contribution in [0.1, 0.15) is 11.6 Å². The Morgan fingerprint density at radius 1 is 1.09 bits per heavy atom. The van der Waals surface area contributed by atoms with E-state index in [1.807, 2.05) is 31.2 Å². The third kappa shape index (κ3) is 4.54. The van der Waals surface area contributed by atoms with Crippen molar-refractivity contribution in [3.8, 4) is 21.9 Å². The van der Waals surface area contributed by atoms with Crippen molar-refractivity contribution in [2.75, 3.05) is 5.32 Å². The Morgan fingerprint density at radius 3 is 2.67 bits per heavy atom. The smallest absolute Gasteiger partial charge is 0.248 e. The van der Waals surface area contributed by atoms with E-state index in [0.29, 0.717) is 38.0 Å². The lowest BCUT2D eigenvalue weighted by molar-refractivity contribution is -0.111. The third-order valence-electron chi connectivity index (χ3n) is 4.73. The molecule has 0 unspecified atom stereocenters. The van der Waals surface area contributed by atoms with Gasteiger partial charge in [0.05, 0.1) is 5.69 Å². The average molecular weight is 496 g/mol. The molecule has 0 saturated heterocycles. The second-order valence-corrected chi connectivity index (χ2v) is 8.91. The van der Waals surface area contributed by atoms with Crippen LogP contribution in [-0.4, -0.2) is 25.7 Å². The standard InChI is InChI=1S/C23H15Cl2N5O2S/c1-13-27-28-23-30(13)29-22(33-23)18-4-2-3-5-19(18)26-21(31)9-7-17-6-8-20(32-17)14-10-15(24)12-16(25)11-14/h2-12H,1H3,(H,26,31)/b9-7+. The number of amides is 1. The van der Waals surface area contributed by atoms with Gasteiger partial charge in [0.2, 0.25) is 10.9 Å². The number of aryl methyl sites for hydroxylation is 1. The topological polar surface area (TPSA) is 85.3 Å². The number of anilines is 1. The second kappa shape index (κ2) is 8.82. The molecule has 5 rings (SSSR count). The van der Waals surface area contributed by atoms with Crippen LogP contribution in [0.15, 0.2) is 65.1 Å². The van der Waals surface area contributed by atoms with Gasteiger partial charge in [0.25, 0.3) is 0 Å². The van der Waals surface area contributed by atoms with E-state index in [1.165, 1.54) is 17.4 Å². The number of carbonyl (C=O) groups is 1. The Kier molecular flexibility index (Phi) is 5.72. The van der Waals surface area contributed by atoms with Crippen LogP contribution in [0.2, 0.25) is 10.0 Å². The van der Waals surface area contributed by atoms with Gasteiger partial charge in [-0.15, -0.1) is 10.2 Å². The number of furan rings is 1. The first kappa shape index (κ1) is 21.4. The molecule has 1 amide bonds. The molecule has 164 valence electrons. The van der Waals surface area contributed by atoms with Crippen molar-refractivity contribution in [1.29, 1.82) is 0 Å². The zero-order chi connectivity index (χ0) is 22.9. The van der Waals surface area contributed by atoms with Gasteiger partial charge in [-0.3, -0.25) is 4.79 Å². The highest BCUT2D eigenvalue weighted by molar-refractivity contribution is 7.19. The number of nitrogens with zero attached hydrogens (tertiary/aromatic N) is 4. The van der Waals surface area contributed by atoms with E-state index < -0.39 is 0 Å². The highest BCUT2D eigenvalue weighted by Crippen LogP contribution is 2.32. The molecule has 5 aromatic rings. The fourth-order valence-corrected chi connectivity index (χ4v) is 4.68. The van der Waals surface area contributed by atoms with Gasteiger partial charge in [-0.05, 0) is 55.5 Å². The monoisotopic (exact) mass is 495 g/mol. The van der Waals surface area contributed by atoms with Gasteiger partial charge < -0.3 is 9.73 Å². The molecule has 33 heavy (non-hydrogen) atoms. The number of halogens is 2. The maximum Gasteiger partial charge on any atom is 0.248 e. The Balaban J connectivity index is 1.33. The van der Waals surface area contributed by atoms with Crippen LogP contribution in [0.3, 0.4) is 0 Å². The molecule has 0 spiro atoms. The van der Waals surface area contributed by atoms with Crippen molar-refractivity contribution < 1.29 is 9.21 Å². The van der Waals surface area contributed by atoms with E-state index in [4.69, 9.17) is 27.6 Å². The second-order valence-electron chi connectivity index (χ2n) is 7.08. The number of nitrogens with one attached hydrogen (secondary N) is 1. The summed E-state index contributed by atoms with van der Waals surface area (Å²) in [5.74, 6) is 1.53. The van der Waals surface area contributed by atoms with E-state index >= 15 is 0 Å². The summed E-state index contributed by atoms with van der Waals surface area (Å²) >= 11 is 13.5. The summed E-state index contributed by atoms with van der Waals surface area (Å²) < 4.78 is 7.48. The minimum Gasteiger partial charge on any atom is -0.457 e. The first-order valence-electron chi connectivity index (χ1n) is 9.80. The highest BCUT2D eigenvalue weighted by Gasteiger charge is 2.14. The maximum atomic E-state index is 12.6. The van der Waals surface area contributed by atoms with Crippen molar-refractivity contribution in [3.63, 3.8) is 0 Å². The molecule has 0 aliphatic carbocycles. The molecule has 0 aliphatic rings. The zero-order valence-corrected chi connectivity index (χ0v) is 19.4. The van der Waals surface area contributed by atoms with Gasteiger partial charge in [-0.2, -0.15) is 9.61 Å². The molecule has 10 heteroatoms. The molecule has 2 aromatic carbocycles. The Hall–Kier alpha value is -3.46. The number of para-hydroxylation sites is 1. The van der Waals surface area contributed by atoms with E-state index in [1.54, 1.807) is 40.9 Å². The molecule has 0 bridgehead atoms. The van der Waals surface area contributed by atoms with Crippen LogP contribution >= 0.6 is 34.5 Å². The summed E-state index contributed by atoms with van der Waals surface area (Å²) in [6.07, 6.45) is 3.01. The summed E-state index contributed by atoms with van der Waals surface area (Å²) in [7, 11) is 0. The zero-order valence-electron chi connectivity index (χ0n) is 17.1. The Labute approximate surface area is 202 Å². The molecule has 0 saturated carbocycles. The predicted molar refractivity (Wildman–Crippen MR) is 131 cm³/mol. The normalized spacial score (nSPS) is 11.5. The van der Waals surface area contributed by atoms with E-state index in [9.17, 15) is 4.79 Å². The van der Waals surface area contributed by atoms with Crippen molar-refractivity contribution in [1.82, 2.24) is 19.8 Å². The molecule has 0 fully saturated rings. The van der Waals surface area contributed by atoms with Gasteiger partial charge in [0, 0.05) is 27.2 Å². The highest BCUT2D eigenvalue weighted by atomic mass is 35.5. The minimum absolute atomic E-state index is 0.301. The van der Waals surface area contributed by atoms with Crippen molar-refractivity contribution in [3.05, 3.63) is 82.3 Å². The van der Waals surface area contributed by atoms with Crippen molar-refractivity contribution in [2.24, 2.45) is 0 Å². The SMILES string of the molecule is Cc1nnc2sc(-c3ccccc3NC(=O)/C=C/c3ccc(-c4cc(Cl)cc(Cl)c4)o3)nn12. The molecule has 0 atom stereocenters. The average Bonchev–Trinajstić information content (AvgIpc) is 3.50. The van der Waals surface area contributed by atoms with E-state index in [2.05, 4.69) is 20.6 Å². The predicted octanol–water partition coefficient (Wildman–Crippen LogP) is 6.38. The summed E-state index contributed by atoms with van der Waals surface area (Å²) in [6, 6.07) is 16.2. The number of fused-ring (bicyclic) bond motifs is 1. The lowest BCUT2D eigenvalue weighted by atomic mass is 10.2. The summed E-state index contributed by atoms with van der Waals surface area (Å²) in [6.45, 7) is 1.84. The van der Waals surface area contributed by atoms with Gasteiger partial charge in [-0.1, -0.05) is 46.7 Å². The number of hydrogen-bond donors (Lipinski definition) is 1. The summed E-state index contributed by atoms with van der Waals surface area (Å²) in [4.78, 5) is 13.3. The molecule has 3 aromatic heterocycles. The molecule has 7 nitrogen and oxygen atoms in total. The lowest BCUT2D eigenvalue weighted by Crippen LogP contribution is -2.08. The number of benzene rings is 2. The van der Waals surface area contributed by atoms with Crippen LogP contribution in [0.4, 0.5) is 5.69 Å². The van der Waals surface area contributed by atoms with Crippen molar-refractivity contribution >= 4 is 57.2 Å². The number of aromatic nitrogens is 4. The van der Waals surface area contributed by atoms with Crippen LogP contribution < -0.4 is 5.32 Å². The first-order chi connectivity index (χ1) is 16.0. The number of rotatable bonds is 5. The molecule has 3 heterocycles. The molecule has 1 N–H and O–H groups in total. The van der Waals surface area contributed by atoms with Crippen LogP contribution in [0, 0.1) is 6.92 Å². The first-order valence-corrected chi connectivity index (χ1v) is 11.4. The van der Waals surface area contributed by atoms with Gasteiger partial charge in [-0.25, -0.2) is 0 Å². The molecular formula is C23H15Cl2N5O2S. The van der Waals surface area contributed by atoms with Gasteiger partial charge >= 0.3 is 0 Å². The largest absolute Gasteiger partial charge is 0.457 e. The summed E-state index contributed by atoms with van der Waals surface area (Å²) in [5, 5.41) is 17.3. The van der Waals surface area contributed by atoms with Crippen LogP contribution in [0.5, 0.6) is 0 Å². The fourth-order valence-electron chi connectivity index (χ4n) is 3.23. The Bertz CT molecular complexity index is 1500. The third-order valence-corrected chi connectivity index (χ3v) is 6.10. The number of carbonyl (C=O) groups excluding carboxylic acids is 1. The fraction of sp³-hybridized carbons (Fsp3) is 0.0435. The van der Waals surface area contributed by atoms with Gasteiger partial charge in [0.15, 0.2) is 5.82 Å². The molecule has 0 radical (unpaired) electrons. The molecule has 0 aliphatic heterocycles. The van der Waals surface area contributed by atoms with Crippen molar-refractivity contribution in [2.45, 2.75) is 6.92 Å². The van der Waals surface area contributed by atoms with E-state index in [0.717, 1.165) is 16.1 Å². The quantitative estimate of drug-likeness (QED) is 0.286. The Morgan fingerprint density at radius 2 is 1.88 bits per heavy atom. The van der Waals surface area contributed by atoms with E-state index in [-0.39, 0.29) is 5.91 Å². The molecular weight excluding hydrogens is 481 g/mol. The summed E-state index contributed by atoms with van der Waals surface area (Å²) in [5.41, 5.74) is 2.20. The van der Waals surface area contributed by atoms with Gasteiger partial charge in [0.1, 0.15) is 16.5 Å². The minimum atomic E-state index is -0.301.